The number of nitrogens with one attached hydrogen (secondary N) is 3. The van der Waals surface area contributed by atoms with Gasteiger partial charge in [-0.15, -0.1) is 11.8 Å². The van der Waals surface area contributed by atoms with E-state index in [4.69, 9.17) is 4.74 Å². The Morgan fingerprint density at radius 2 is 1.88 bits per heavy atom. The fourth-order valence-corrected chi connectivity index (χ4v) is 1.96. The van der Waals surface area contributed by atoms with E-state index in [1.807, 2.05) is 11.8 Å². The van der Waals surface area contributed by atoms with Gasteiger partial charge in [-0.25, -0.2) is 4.79 Å². The van der Waals surface area contributed by atoms with E-state index in [2.05, 4.69) is 32.9 Å². The molecule has 3 rings (SSSR count). The van der Waals surface area contributed by atoms with Gasteiger partial charge >= 0.3 is 6.09 Å². The normalized spacial score (nSPS) is 20.9. The molecule has 0 aromatic heterocycles. The van der Waals surface area contributed by atoms with Crippen LogP contribution in [-0.4, -0.2) is 55.7 Å². The molecule has 98 valence electrons. The van der Waals surface area contributed by atoms with Crippen molar-refractivity contribution < 1.29 is 14.3 Å². The Morgan fingerprint density at radius 1 is 1.12 bits per heavy atom. The zero-order valence-electron chi connectivity index (χ0n) is 9.49. The van der Waals surface area contributed by atoms with Crippen molar-refractivity contribution in [3.63, 3.8) is 0 Å². The second-order valence-electron chi connectivity index (χ2n) is 3.18. The molecule has 8 heteroatoms. The predicted molar refractivity (Wildman–Crippen MR) is 71.2 cm³/mol. The quantitative estimate of drug-likeness (QED) is 0.535. The van der Waals surface area contributed by atoms with Crippen LogP contribution in [0.3, 0.4) is 0 Å². The van der Waals surface area contributed by atoms with Gasteiger partial charge in [0.2, 0.25) is 0 Å². The summed E-state index contributed by atoms with van der Waals surface area (Å²) < 4.78 is 9.18. The number of hydrogen-bond donors (Lipinski definition) is 3. The third-order valence-corrected chi connectivity index (χ3v) is 3.00. The number of alkyl carbamates (subject to hydrolysis) is 1. The maximum atomic E-state index is 9.91. The Morgan fingerprint density at radius 3 is 2.06 bits per heavy atom. The van der Waals surface area contributed by atoms with Crippen molar-refractivity contribution in [2.75, 3.05) is 44.5 Å². The molecule has 3 N–H and O–H groups in total. The first kappa shape index (κ1) is 14.3. The third-order valence-electron chi connectivity index (χ3n) is 1.84. The molecule has 0 unspecified atom stereocenters. The summed E-state index contributed by atoms with van der Waals surface area (Å²) in [6, 6.07) is 0. The fraction of sp³-hybridized carbons (Fsp3) is 0.778. The van der Waals surface area contributed by atoms with Gasteiger partial charge in [0.25, 0.3) is 5.17 Å². The van der Waals surface area contributed by atoms with E-state index >= 15 is 0 Å². The van der Waals surface area contributed by atoms with Crippen LogP contribution in [0, 0.1) is 0 Å². The monoisotopic (exact) mass is 279 g/mol. The van der Waals surface area contributed by atoms with Crippen molar-refractivity contribution >= 4 is 35.2 Å². The van der Waals surface area contributed by atoms with E-state index in [1.54, 1.807) is 0 Å². The molecule has 0 aromatic rings. The second kappa shape index (κ2) is 9.32. The summed E-state index contributed by atoms with van der Waals surface area (Å²) in [5, 5.41) is 9.01. The Bertz CT molecular complexity index is 206. The van der Waals surface area contributed by atoms with Gasteiger partial charge in [0.15, 0.2) is 0 Å². The smallest absolute Gasteiger partial charge is 0.407 e. The number of cyclic esters (lactones) is 1. The summed E-state index contributed by atoms with van der Waals surface area (Å²) >= 11 is 6.55. The molecular formula is C9H17N3O3S2. The molecule has 0 saturated carbocycles. The standard InChI is InChI=1S/C3H5NO2.C3H5NOS.C3H7NS/c5-3-4-1-2-6-3;6-3-4-1-2-5-3;1-2-5-3-4-1/h1-2H2,(H,4,5);1-2H2,(H,4,6);4H,1-3H2. The minimum Gasteiger partial charge on any atom is -0.469 e. The Hall–Kier alpha value is -0.730. The molecule has 0 atom stereocenters. The Labute approximate surface area is 110 Å². The molecule has 1 amide bonds. The molecule has 17 heavy (non-hydrogen) atoms. The summed E-state index contributed by atoms with van der Waals surface area (Å²) in [7, 11) is 0. The maximum absolute atomic E-state index is 9.91. The van der Waals surface area contributed by atoms with Crippen molar-refractivity contribution in [1.82, 2.24) is 16.0 Å². The molecule has 0 aromatic carbocycles. The molecular weight excluding hydrogens is 262 g/mol. The van der Waals surface area contributed by atoms with Crippen molar-refractivity contribution in [2.45, 2.75) is 0 Å². The topological polar surface area (TPSA) is 71.6 Å². The van der Waals surface area contributed by atoms with E-state index in [9.17, 15) is 4.79 Å². The van der Waals surface area contributed by atoms with E-state index in [0.29, 0.717) is 18.3 Å². The molecule has 3 fully saturated rings. The number of rotatable bonds is 0. The van der Waals surface area contributed by atoms with Gasteiger partial charge < -0.3 is 25.4 Å². The van der Waals surface area contributed by atoms with Crippen LogP contribution in [0.1, 0.15) is 0 Å². The molecule has 0 spiro atoms. The fourth-order valence-electron chi connectivity index (χ4n) is 1.06. The van der Waals surface area contributed by atoms with Crippen molar-refractivity contribution in [3.05, 3.63) is 0 Å². The van der Waals surface area contributed by atoms with Gasteiger partial charge in [0, 0.05) is 18.2 Å². The summed E-state index contributed by atoms with van der Waals surface area (Å²) in [6.45, 7) is 4.01. The van der Waals surface area contributed by atoms with Crippen LogP contribution in [0.4, 0.5) is 4.79 Å². The molecule has 3 aliphatic heterocycles. The zero-order chi connectivity index (χ0) is 12.3. The highest BCUT2D eigenvalue weighted by molar-refractivity contribution is 7.99. The first-order valence-electron chi connectivity index (χ1n) is 5.39. The average molecular weight is 279 g/mol. The SMILES string of the molecule is C1CSCN1.O=C1NCCO1.S=C1NCCO1. The van der Waals surface area contributed by atoms with E-state index in [1.165, 1.54) is 18.2 Å². The minimum atomic E-state index is -0.296. The van der Waals surface area contributed by atoms with Gasteiger partial charge in [0.05, 0.1) is 13.1 Å². The van der Waals surface area contributed by atoms with E-state index in [-0.39, 0.29) is 6.09 Å². The molecule has 3 aliphatic rings. The maximum Gasteiger partial charge on any atom is 0.407 e. The predicted octanol–water partition coefficient (Wildman–Crippen LogP) is -0.102. The minimum absolute atomic E-state index is 0.296. The van der Waals surface area contributed by atoms with Crippen molar-refractivity contribution in [1.29, 1.82) is 0 Å². The first-order valence-corrected chi connectivity index (χ1v) is 6.95. The highest BCUT2D eigenvalue weighted by Gasteiger charge is 2.06. The molecule has 3 saturated heterocycles. The van der Waals surface area contributed by atoms with Crippen LogP contribution < -0.4 is 16.0 Å². The summed E-state index contributed by atoms with van der Waals surface area (Å²) in [6.07, 6.45) is -0.296. The van der Waals surface area contributed by atoms with Crippen LogP contribution in [0.2, 0.25) is 0 Å². The van der Waals surface area contributed by atoms with Crippen LogP contribution in [0.5, 0.6) is 0 Å². The number of amides is 1. The molecule has 6 nitrogen and oxygen atoms in total. The molecule has 0 bridgehead atoms. The Balaban J connectivity index is 0.000000128. The van der Waals surface area contributed by atoms with Gasteiger partial charge in [-0.1, -0.05) is 0 Å². The zero-order valence-corrected chi connectivity index (χ0v) is 11.1. The highest BCUT2D eigenvalue weighted by Crippen LogP contribution is 1.99. The van der Waals surface area contributed by atoms with Crippen LogP contribution in [-0.2, 0) is 9.47 Å². The lowest BCUT2D eigenvalue weighted by atomic mass is 10.7. The lowest BCUT2D eigenvalue weighted by Crippen LogP contribution is -2.11. The number of hydrogen-bond acceptors (Lipinski definition) is 6. The van der Waals surface area contributed by atoms with Crippen LogP contribution >= 0.6 is 24.0 Å². The number of thioether (sulfide) groups is 1. The van der Waals surface area contributed by atoms with Crippen molar-refractivity contribution in [2.24, 2.45) is 0 Å². The summed E-state index contributed by atoms with van der Waals surface area (Å²) in [5.41, 5.74) is 0. The van der Waals surface area contributed by atoms with Gasteiger partial charge in [-0.3, -0.25) is 0 Å². The van der Waals surface area contributed by atoms with Crippen LogP contribution in [0.25, 0.3) is 0 Å². The lowest BCUT2D eigenvalue weighted by molar-refractivity contribution is 0.178. The second-order valence-corrected chi connectivity index (χ2v) is 4.65. The molecule has 3 heterocycles. The highest BCUT2D eigenvalue weighted by atomic mass is 32.2. The van der Waals surface area contributed by atoms with Gasteiger partial charge in [-0.05, 0) is 12.2 Å². The van der Waals surface area contributed by atoms with Gasteiger partial charge in [0.1, 0.15) is 13.2 Å². The van der Waals surface area contributed by atoms with Gasteiger partial charge in [-0.2, -0.15) is 0 Å². The first-order chi connectivity index (χ1) is 8.29. The number of thiocarbonyl (C=S) groups is 1. The van der Waals surface area contributed by atoms with Crippen molar-refractivity contribution in [3.8, 4) is 0 Å². The number of carbonyl (C=O) groups excluding carboxylic acids is 1. The van der Waals surface area contributed by atoms with E-state index < -0.39 is 0 Å². The third kappa shape index (κ3) is 8.06. The summed E-state index contributed by atoms with van der Waals surface area (Å²) in [5.74, 6) is 2.47. The average Bonchev–Trinajstić information content (AvgIpc) is 2.99. The number of carbonyl (C=O) groups is 1. The summed E-state index contributed by atoms with van der Waals surface area (Å²) in [4.78, 5) is 9.91. The van der Waals surface area contributed by atoms with E-state index in [0.717, 1.165) is 13.2 Å². The largest absolute Gasteiger partial charge is 0.469 e. The lowest BCUT2D eigenvalue weighted by Gasteiger charge is -1.85. The Kier molecular flexibility index (Phi) is 7.85. The molecule has 0 radical (unpaired) electrons. The molecule has 0 aliphatic carbocycles. The number of ether oxygens (including phenoxy) is 2. The van der Waals surface area contributed by atoms with Crippen LogP contribution in [0.15, 0.2) is 0 Å².